The molecule has 2 N–H and O–H groups in total. The number of hydrogen-bond acceptors (Lipinski definition) is 2. The number of amides is 2. The highest BCUT2D eigenvalue weighted by molar-refractivity contribution is 5.87. The maximum Gasteiger partial charge on any atom is 0.318 e. The van der Waals surface area contributed by atoms with Crippen LogP contribution in [0.5, 0.6) is 5.75 Å². The first-order valence-electron chi connectivity index (χ1n) is 11.4. The van der Waals surface area contributed by atoms with E-state index in [4.69, 9.17) is 4.74 Å². The van der Waals surface area contributed by atoms with Crippen LogP contribution in [0.3, 0.4) is 0 Å². The molecule has 33 heavy (non-hydrogen) atoms. The maximum atomic E-state index is 13.4. The molecule has 0 radical (unpaired) electrons. The fourth-order valence-electron chi connectivity index (χ4n) is 4.69. The lowest BCUT2D eigenvalue weighted by Crippen LogP contribution is -2.45. The number of hydrogen-bond donors (Lipinski definition) is 2. The summed E-state index contributed by atoms with van der Waals surface area (Å²) in [5.41, 5.74) is 8.02. The minimum absolute atomic E-state index is 0.0527. The molecule has 1 aliphatic heterocycles. The summed E-state index contributed by atoms with van der Waals surface area (Å²) in [5.74, 6) is 0.842. The standard InChI is InChI=1S/C28H29N3O2/c1-18-4-8-20(9-5-18)17-29-28(32)31-15-14-23-24-16-22(33-3)12-13-25(24)30-26(23)27(31)21-10-6-19(2)7-11-21/h4-13,16,27,30H,14-15,17H2,1-3H3,(H,29,32). The van der Waals surface area contributed by atoms with E-state index in [9.17, 15) is 4.79 Å². The second-order valence-corrected chi connectivity index (χ2v) is 8.83. The van der Waals surface area contributed by atoms with E-state index >= 15 is 0 Å². The minimum Gasteiger partial charge on any atom is -0.497 e. The summed E-state index contributed by atoms with van der Waals surface area (Å²) in [6.45, 7) is 5.30. The van der Waals surface area contributed by atoms with Crippen molar-refractivity contribution in [2.24, 2.45) is 0 Å². The number of aromatic nitrogens is 1. The van der Waals surface area contributed by atoms with Crippen LogP contribution in [0.2, 0.25) is 0 Å². The molecule has 3 aromatic carbocycles. The van der Waals surface area contributed by atoms with Gasteiger partial charge in [0.05, 0.1) is 13.2 Å². The Morgan fingerprint density at radius 3 is 2.42 bits per heavy atom. The summed E-state index contributed by atoms with van der Waals surface area (Å²) in [4.78, 5) is 19.0. The Hall–Kier alpha value is -3.73. The van der Waals surface area contributed by atoms with Crippen molar-refractivity contribution < 1.29 is 9.53 Å². The van der Waals surface area contributed by atoms with Crippen LogP contribution in [-0.2, 0) is 13.0 Å². The van der Waals surface area contributed by atoms with Crippen molar-refractivity contribution in [3.8, 4) is 5.75 Å². The van der Waals surface area contributed by atoms with E-state index in [0.717, 1.165) is 34.5 Å². The zero-order chi connectivity index (χ0) is 22.9. The van der Waals surface area contributed by atoms with Gasteiger partial charge < -0.3 is 19.9 Å². The van der Waals surface area contributed by atoms with Gasteiger partial charge in [0.15, 0.2) is 0 Å². The van der Waals surface area contributed by atoms with Crippen LogP contribution >= 0.6 is 0 Å². The number of rotatable bonds is 4. The first kappa shape index (κ1) is 21.1. The van der Waals surface area contributed by atoms with Crippen molar-refractivity contribution in [3.05, 3.63) is 100 Å². The molecule has 1 unspecified atom stereocenters. The molecular weight excluding hydrogens is 410 g/mol. The van der Waals surface area contributed by atoms with Crippen LogP contribution in [0.4, 0.5) is 4.79 Å². The molecule has 2 amide bonds. The van der Waals surface area contributed by atoms with Crippen molar-refractivity contribution in [3.63, 3.8) is 0 Å². The summed E-state index contributed by atoms with van der Waals surface area (Å²) in [7, 11) is 1.69. The van der Waals surface area contributed by atoms with E-state index in [2.05, 4.69) is 84.8 Å². The number of aryl methyl sites for hydroxylation is 2. The molecule has 5 heteroatoms. The van der Waals surface area contributed by atoms with Crippen LogP contribution < -0.4 is 10.1 Å². The molecular formula is C28H29N3O2. The van der Waals surface area contributed by atoms with Gasteiger partial charge in [-0.15, -0.1) is 0 Å². The number of ether oxygens (including phenoxy) is 1. The average Bonchev–Trinajstić information content (AvgIpc) is 3.21. The number of nitrogens with one attached hydrogen (secondary N) is 2. The third-order valence-electron chi connectivity index (χ3n) is 6.55. The zero-order valence-electron chi connectivity index (χ0n) is 19.3. The largest absolute Gasteiger partial charge is 0.497 e. The second kappa shape index (κ2) is 8.66. The number of carbonyl (C=O) groups is 1. The first-order valence-corrected chi connectivity index (χ1v) is 11.4. The molecule has 0 saturated carbocycles. The minimum atomic E-state index is -0.175. The maximum absolute atomic E-state index is 13.4. The predicted octanol–water partition coefficient (Wildman–Crippen LogP) is 5.65. The van der Waals surface area contributed by atoms with E-state index in [1.165, 1.54) is 22.1 Å². The fourth-order valence-corrected chi connectivity index (χ4v) is 4.69. The molecule has 1 aliphatic rings. The Kier molecular flexibility index (Phi) is 5.55. The van der Waals surface area contributed by atoms with Gasteiger partial charge in [0.25, 0.3) is 0 Å². The van der Waals surface area contributed by atoms with Gasteiger partial charge in [0.2, 0.25) is 0 Å². The van der Waals surface area contributed by atoms with E-state index in [-0.39, 0.29) is 12.1 Å². The van der Waals surface area contributed by atoms with Gasteiger partial charge in [0.1, 0.15) is 5.75 Å². The number of benzene rings is 3. The molecule has 1 aromatic heterocycles. The number of nitrogens with zero attached hydrogens (tertiary/aromatic N) is 1. The molecule has 2 heterocycles. The van der Waals surface area contributed by atoms with Crippen LogP contribution in [0.1, 0.15) is 39.6 Å². The lowest BCUT2D eigenvalue weighted by atomic mass is 9.92. The van der Waals surface area contributed by atoms with Gasteiger partial charge in [-0.1, -0.05) is 59.7 Å². The Morgan fingerprint density at radius 2 is 1.73 bits per heavy atom. The Balaban J connectivity index is 1.50. The number of urea groups is 1. The molecule has 5 nitrogen and oxygen atoms in total. The average molecular weight is 440 g/mol. The highest BCUT2D eigenvalue weighted by Gasteiger charge is 2.34. The van der Waals surface area contributed by atoms with Crippen molar-refractivity contribution in [2.45, 2.75) is 32.9 Å². The number of carbonyl (C=O) groups excluding carboxylic acids is 1. The Bertz CT molecular complexity index is 1290. The number of fused-ring (bicyclic) bond motifs is 3. The van der Waals surface area contributed by atoms with Gasteiger partial charge in [-0.2, -0.15) is 0 Å². The Morgan fingerprint density at radius 1 is 1.03 bits per heavy atom. The third kappa shape index (κ3) is 4.07. The second-order valence-electron chi connectivity index (χ2n) is 8.83. The molecule has 0 spiro atoms. The van der Waals surface area contributed by atoms with E-state index < -0.39 is 0 Å². The van der Waals surface area contributed by atoms with Crippen molar-refractivity contribution in [1.29, 1.82) is 0 Å². The van der Waals surface area contributed by atoms with Gasteiger partial charge in [-0.25, -0.2) is 4.79 Å². The number of H-pyrrole nitrogens is 1. The lowest BCUT2D eigenvalue weighted by Gasteiger charge is -2.36. The molecule has 4 aromatic rings. The molecule has 5 rings (SSSR count). The summed E-state index contributed by atoms with van der Waals surface area (Å²) >= 11 is 0. The van der Waals surface area contributed by atoms with Gasteiger partial charge >= 0.3 is 6.03 Å². The van der Waals surface area contributed by atoms with E-state index in [0.29, 0.717) is 13.1 Å². The normalized spacial score (nSPS) is 15.4. The SMILES string of the molecule is COc1ccc2[nH]c3c(c2c1)CCN(C(=O)NCc1ccc(C)cc1)C3c1ccc(C)cc1. The quantitative estimate of drug-likeness (QED) is 0.432. The molecule has 0 bridgehead atoms. The Labute approximate surface area is 194 Å². The number of methoxy groups -OCH3 is 1. The lowest BCUT2D eigenvalue weighted by molar-refractivity contribution is 0.179. The monoisotopic (exact) mass is 439 g/mol. The molecule has 0 fully saturated rings. The van der Waals surface area contributed by atoms with E-state index in [1.807, 2.05) is 11.0 Å². The van der Waals surface area contributed by atoms with Crippen LogP contribution in [-0.4, -0.2) is 29.6 Å². The van der Waals surface area contributed by atoms with Gasteiger partial charge in [-0.3, -0.25) is 0 Å². The van der Waals surface area contributed by atoms with Gasteiger partial charge in [-0.05, 0) is 55.2 Å². The number of aromatic amines is 1. The molecule has 168 valence electrons. The van der Waals surface area contributed by atoms with Crippen LogP contribution in [0.25, 0.3) is 10.9 Å². The fraction of sp³-hybridized carbons (Fsp3) is 0.250. The molecule has 0 aliphatic carbocycles. The summed E-state index contributed by atoms with van der Waals surface area (Å²) in [6.07, 6.45) is 0.794. The summed E-state index contributed by atoms with van der Waals surface area (Å²) < 4.78 is 5.46. The summed E-state index contributed by atoms with van der Waals surface area (Å²) in [6, 6.07) is 22.6. The van der Waals surface area contributed by atoms with Crippen LogP contribution in [0.15, 0.2) is 66.7 Å². The van der Waals surface area contributed by atoms with Crippen molar-refractivity contribution in [1.82, 2.24) is 15.2 Å². The topological polar surface area (TPSA) is 57.4 Å². The summed E-state index contributed by atoms with van der Waals surface area (Å²) in [5, 5.41) is 4.30. The van der Waals surface area contributed by atoms with Crippen LogP contribution in [0, 0.1) is 13.8 Å². The molecule has 0 saturated heterocycles. The van der Waals surface area contributed by atoms with E-state index in [1.54, 1.807) is 7.11 Å². The highest BCUT2D eigenvalue weighted by Crippen LogP contribution is 2.39. The van der Waals surface area contributed by atoms with Crippen molar-refractivity contribution in [2.75, 3.05) is 13.7 Å². The first-order chi connectivity index (χ1) is 16.0. The zero-order valence-corrected chi connectivity index (χ0v) is 19.3. The van der Waals surface area contributed by atoms with Gasteiger partial charge in [0, 0.05) is 29.7 Å². The molecule has 1 atom stereocenters. The van der Waals surface area contributed by atoms with Crippen molar-refractivity contribution >= 4 is 16.9 Å². The third-order valence-corrected chi connectivity index (χ3v) is 6.55. The predicted molar refractivity (Wildman–Crippen MR) is 132 cm³/mol. The highest BCUT2D eigenvalue weighted by atomic mass is 16.5. The smallest absolute Gasteiger partial charge is 0.318 e.